The second-order valence-electron chi connectivity index (χ2n) is 9.12. The molecular formula is C27H37N3O4. The number of ether oxygens (including phenoxy) is 2. The zero-order valence-corrected chi connectivity index (χ0v) is 20.9. The van der Waals surface area contributed by atoms with Crippen LogP contribution in [0.25, 0.3) is 0 Å². The van der Waals surface area contributed by atoms with Crippen molar-refractivity contribution in [3.05, 3.63) is 59.7 Å². The van der Waals surface area contributed by atoms with Gasteiger partial charge in [-0.15, -0.1) is 0 Å². The monoisotopic (exact) mass is 467 g/mol. The van der Waals surface area contributed by atoms with Crippen LogP contribution in [-0.4, -0.2) is 67.6 Å². The number of methoxy groups -OCH3 is 1. The molecule has 0 aliphatic carbocycles. The first-order chi connectivity index (χ1) is 16.3. The Bertz CT molecular complexity index is 966. The standard InChI is InChI=1S/C27H37N3O4/c1-6-26(31)28-22-12-13-24-23(14-22)27(32)29(4)17-25(33-5)19(2)15-30(20(3)18-34-24)16-21-10-8-7-9-11-21/h7-14,19-20,25H,6,15-18H2,1-5H3,(H,28,31)/t19-,20-,25+/m0/s1. The first-order valence-corrected chi connectivity index (χ1v) is 11.9. The van der Waals surface area contributed by atoms with E-state index in [4.69, 9.17) is 9.47 Å². The summed E-state index contributed by atoms with van der Waals surface area (Å²) in [6.45, 7) is 8.60. The van der Waals surface area contributed by atoms with Crippen LogP contribution in [0.3, 0.4) is 0 Å². The number of carbonyl (C=O) groups is 2. The molecule has 2 aromatic rings. The summed E-state index contributed by atoms with van der Waals surface area (Å²) in [6, 6.07) is 15.8. The predicted octanol–water partition coefficient (Wildman–Crippen LogP) is 4.04. The van der Waals surface area contributed by atoms with E-state index in [1.54, 1.807) is 44.2 Å². The van der Waals surface area contributed by atoms with E-state index >= 15 is 0 Å². The van der Waals surface area contributed by atoms with Crippen LogP contribution in [-0.2, 0) is 16.1 Å². The quantitative estimate of drug-likeness (QED) is 0.719. The van der Waals surface area contributed by atoms with Crippen LogP contribution in [0.15, 0.2) is 48.5 Å². The van der Waals surface area contributed by atoms with Crippen molar-refractivity contribution in [3.63, 3.8) is 0 Å². The first kappa shape index (κ1) is 25.7. The molecule has 0 aromatic heterocycles. The highest BCUT2D eigenvalue weighted by Crippen LogP contribution is 2.27. The van der Waals surface area contributed by atoms with Crippen molar-refractivity contribution in [1.29, 1.82) is 0 Å². The maximum absolute atomic E-state index is 13.4. The summed E-state index contributed by atoms with van der Waals surface area (Å²) in [5, 5.41) is 2.84. The Morgan fingerprint density at radius 3 is 2.56 bits per heavy atom. The molecule has 2 aromatic carbocycles. The molecule has 0 bridgehead atoms. The Morgan fingerprint density at radius 1 is 1.15 bits per heavy atom. The van der Waals surface area contributed by atoms with Gasteiger partial charge in [-0.1, -0.05) is 44.2 Å². The highest BCUT2D eigenvalue weighted by Gasteiger charge is 2.28. The van der Waals surface area contributed by atoms with E-state index in [-0.39, 0.29) is 29.9 Å². The van der Waals surface area contributed by atoms with E-state index in [9.17, 15) is 9.59 Å². The molecule has 0 saturated carbocycles. The summed E-state index contributed by atoms with van der Waals surface area (Å²) in [5.41, 5.74) is 2.26. The molecule has 0 saturated heterocycles. The van der Waals surface area contributed by atoms with E-state index in [2.05, 4.69) is 48.3 Å². The minimum Gasteiger partial charge on any atom is -0.491 e. The second-order valence-corrected chi connectivity index (χ2v) is 9.12. The Balaban J connectivity index is 1.93. The van der Waals surface area contributed by atoms with Gasteiger partial charge in [0.25, 0.3) is 5.91 Å². The fraction of sp³-hybridized carbons (Fsp3) is 0.481. The van der Waals surface area contributed by atoms with Crippen LogP contribution >= 0.6 is 0 Å². The molecule has 3 rings (SSSR count). The topological polar surface area (TPSA) is 71.1 Å². The van der Waals surface area contributed by atoms with E-state index in [1.165, 1.54) is 5.56 Å². The smallest absolute Gasteiger partial charge is 0.257 e. The second kappa shape index (κ2) is 12.0. The number of nitrogens with one attached hydrogen (secondary N) is 1. The van der Waals surface area contributed by atoms with Crippen molar-refractivity contribution < 1.29 is 19.1 Å². The summed E-state index contributed by atoms with van der Waals surface area (Å²) >= 11 is 0. The van der Waals surface area contributed by atoms with Gasteiger partial charge in [-0.2, -0.15) is 0 Å². The normalized spacial score (nSPS) is 22.2. The van der Waals surface area contributed by atoms with Gasteiger partial charge in [0.2, 0.25) is 5.91 Å². The van der Waals surface area contributed by atoms with Crippen LogP contribution in [0, 0.1) is 5.92 Å². The maximum atomic E-state index is 13.4. The lowest BCUT2D eigenvalue weighted by atomic mass is 10.0. The van der Waals surface area contributed by atoms with Crippen molar-refractivity contribution in [2.75, 3.05) is 39.2 Å². The van der Waals surface area contributed by atoms with E-state index < -0.39 is 0 Å². The lowest BCUT2D eigenvalue weighted by Gasteiger charge is -2.36. The number of anilines is 1. The molecule has 184 valence electrons. The van der Waals surface area contributed by atoms with Crippen molar-refractivity contribution in [2.45, 2.75) is 45.9 Å². The van der Waals surface area contributed by atoms with Gasteiger partial charge in [-0.3, -0.25) is 14.5 Å². The Morgan fingerprint density at radius 2 is 1.88 bits per heavy atom. The Kier molecular flexibility index (Phi) is 9.07. The molecule has 1 aliphatic heterocycles. The number of hydrogen-bond acceptors (Lipinski definition) is 5. The molecule has 1 N–H and O–H groups in total. The summed E-state index contributed by atoms with van der Waals surface area (Å²) in [6.07, 6.45) is 0.245. The lowest BCUT2D eigenvalue weighted by Crippen LogP contribution is -2.46. The van der Waals surface area contributed by atoms with Crippen LogP contribution in [0.4, 0.5) is 5.69 Å². The zero-order chi connectivity index (χ0) is 24.7. The maximum Gasteiger partial charge on any atom is 0.257 e. The van der Waals surface area contributed by atoms with E-state index in [1.807, 2.05) is 6.07 Å². The molecule has 0 radical (unpaired) electrons. The van der Waals surface area contributed by atoms with Crippen molar-refractivity contribution in [3.8, 4) is 5.75 Å². The van der Waals surface area contributed by atoms with Gasteiger partial charge in [-0.05, 0) is 36.6 Å². The number of hydrogen-bond donors (Lipinski definition) is 1. The van der Waals surface area contributed by atoms with Gasteiger partial charge in [0.05, 0.1) is 11.7 Å². The van der Waals surface area contributed by atoms with Crippen molar-refractivity contribution >= 4 is 17.5 Å². The van der Waals surface area contributed by atoms with Gasteiger partial charge in [0, 0.05) is 51.9 Å². The minimum atomic E-state index is -0.161. The number of carbonyl (C=O) groups excluding carboxylic acids is 2. The first-order valence-electron chi connectivity index (χ1n) is 11.9. The third kappa shape index (κ3) is 6.58. The largest absolute Gasteiger partial charge is 0.491 e. The number of benzene rings is 2. The van der Waals surface area contributed by atoms with Crippen LogP contribution in [0.2, 0.25) is 0 Å². The molecule has 0 fully saturated rings. The van der Waals surface area contributed by atoms with Crippen LogP contribution < -0.4 is 10.1 Å². The third-order valence-electron chi connectivity index (χ3n) is 6.41. The predicted molar refractivity (Wildman–Crippen MR) is 134 cm³/mol. The molecule has 2 amide bonds. The fourth-order valence-corrected chi connectivity index (χ4v) is 4.22. The lowest BCUT2D eigenvalue weighted by molar-refractivity contribution is -0.115. The summed E-state index contributed by atoms with van der Waals surface area (Å²) in [5.74, 6) is 0.445. The van der Waals surface area contributed by atoms with Crippen molar-refractivity contribution in [1.82, 2.24) is 9.80 Å². The molecule has 1 aliphatic rings. The molecule has 7 heteroatoms. The van der Waals surface area contributed by atoms with Crippen molar-refractivity contribution in [2.24, 2.45) is 5.92 Å². The molecule has 1 heterocycles. The number of rotatable bonds is 5. The molecule has 0 unspecified atom stereocenters. The Hall–Kier alpha value is -2.90. The van der Waals surface area contributed by atoms with Gasteiger partial charge >= 0.3 is 0 Å². The zero-order valence-electron chi connectivity index (χ0n) is 20.9. The van der Waals surface area contributed by atoms with Crippen LogP contribution in [0.5, 0.6) is 5.75 Å². The van der Waals surface area contributed by atoms with Gasteiger partial charge in [0.1, 0.15) is 12.4 Å². The molecule has 7 nitrogen and oxygen atoms in total. The van der Waals surface area contributed by atoms with Gasteiger partial charge < -0.3 is 19.7 Å². The average Bonchev–Trinajstić information content (AvgIpc) is 2.85. The summed E-state index contributed by atoms with van der Waals surface area (Å²) < 4.78 is 12.0. The number of fused-ring (bicyclic) bond motifs is 1. The number of likely N-dealkylation sites (N-methyl/N-ethyl adjacent to an activating group) is 1. The molecule has 3 atom stereocenters. The van der Waals surface area contributed by atoms with Gasteiger partial charge in [-0.25, -0.2) is 0 Å². The highest BCUT2D eigenvalue weighted by molar-refractivity contribution is 5.99. The van der Waals surface area contributed by atoms with E-state index in [0.29, 0.717) is 36.6 Å². The minimum absolute atomic E-state index is 0.103. The molecule has 34 heavy (non-hydrogen) atoms. The highest BCUT2D eigenvalue weighted by atomic mass is 16.5. The molecular weight excluding hydrogens is 430 g/mol. The SMILES string of the molecule is CCC(=O)Nc1ccc2c(c1)C(=O)N(C)C[C@@H](OC)[C@@H](C)CN(Cc1ccccc1)[C@@H](C)CO2. The van der Waals surface area contributed by atoms with E-state index in [0.717, 1.165) is 13.1 Å². The summed E-state index contributed by atoms with van der Waals surface area (Å²) in [7, 11) is 3.48. The Labute approximate surface area is 203 Å². The third-order valence-corrected chi connectivity index (χ3v) is 6.41. The fourth-order valence-electron chi connectivity index (χ4n) is 4.22. The van der Waals surface area contributed by atoms with Crippen LogP contribution in [0.1, 0.15) is 43.1 Å². The number of nitrogens with zero attached hydrogens (tertiary/aromatic N) is 2. The summed E-state index contributed by atoms with van der Waals surface area (Å²) in [4.78, 5) is 29.4. The average molecular weight is 468 g/mol. The number of amides is 2. The molecule has 0 spiro atoms. The van der Waals surface area contributed by atoms with Gasteiger partial charge in [0.15, 0.2) is 0 Å².